The molecular formula is C11H10N2OS. The molecule has 0 aliphatic heterocycles. The van der Waals surface area contributed by atoms with E-state index in [1.54, 1.807) is 0 Å². The van der Waals surface area contributed by atoms with Crippen LogP contribution in [0.2, 0.25) is 0 Å². The smallest absolute Gasteiger partial charge is 0.260 e. The molecule has 2 rings (SSSR count). The molecule has 2 aromatic rings. The van der Waals surface area contributed by atoms with Gasteiger partial charge in [0.2, 0.25) is 0 Å². The summed E-state index contributed by atoms with van der Waals surface area (Å²) in [5.74, 6) is -0.424. The minimum atomic E-state index is -0.424. The number of aryl methyl sites for hydroxylation is 1. The first-order valence-electron chi connectivity index (χ1n) is 4.50. The predicted molar refractivity (Wildman–Crippen MR) is 60.8 cm³/mol. The molecule has 0 fully saturated rings. The van der Waals surface area contributed by atoms with E-state index >= 15 is 0 Å². The number of benzene rings is 1. The minimum Gasteiger partial charge on any atom is -0.365 e. The fourth-order valence-electron chi connectivity index (χ4n) is 1.33. The molecular weight excluding hydrogens is 208 g/mol. The molecule has 0 saturated carbocycles. The number of nitrogens with two attached hydrogens (primary N) is 1. The second-order valence-corrected chi connectivity index (χ2v) is 4.24. The molecule has 0 bridgehead atoms. The Morgan fingerprint density at radius 2 is 2.13 bits per heavy atom. The summed E-state index contributed by atoms with van der Waals surface area (Å²) in [6, 6.07) is 7.93. The average Bonchev–Trinajstić information content (AvgIpc) is 2.67. The van der Waals surface area contributed by atoms with E-state index in [1.807, 2.05) is 31.2 Å². The lowest BCUT2D eigenvalue weighted by Crippen LogP contribution is -2.08. The molecule has 0 aliphatic carbocycles. The maximum Gasteiger partial charge on any atom is 0.260 e. The topological polar surface area (TPSA) is 56.0 Å². The van der Waals surface area contributed by atoms with Crippen LogP contribution in [0.5, 0.6) is 0 Å². The van der Waals surface area contributed by atoms with Crippen molar-refractivity contribution < 1.29 is 4.79 Å². The van der Waals surface area contributed by atoms with Crippen LogP contribution < -0.4 is 5.73 Å². The van der Waals surface area contributed by atoms with E-state index in [-0.39, 0.29) is 0 Å². The summed E-state index contributed by atoms with van der Waals surface area (Å²) in [7, 11) is 0. The third-order valence-corrected chi connectivity index (χ3v) is 3.17. The lowest BCUT2D eigenvalue weighted by Gasteiger charge is -1.99. The molecule has 0 unspecified atom stereocenters. The molecule has 1 amide bonds. The number of rotatable bonds is 2. The van der Waals surface area contributed by atoms with Crippen LogP contribution in [0.1, 0.15) is 15.2 Å². The van der Waals surface area contributed by atoms with Crippen molar-refractivity contribution in [2.45, 2.75) is 6.92 Å². The third kappa shape index (κ3) is 1.89. The number of primary amides is 1. The Hall–Kier alpha value is -1.68. The van der Waals surface area contributed by atoms with Gasteiger partial charge in [-0.05, 0) is 12.5 Å². The Morgan fingerprint density at radius 3 is 2.73 bits per heavy atom. The van der Waals surface area contributed by atoms with Crippen molar-refractivity contribution in [3.63, 3.8) is 0 Å². The number of carbonyl (C=O) groups excluding carboxylic acids is 1. The number of amides is 1. The van der Waals surface area contributed by atoms with Crippen LogP contribution in [-0.2, 0) is 0 Å². The van der Waals surface area contributed by atoms with Crippen LogP contribution in [0.15, 0.2) is 30.5 Å². The van der Waals surface area contributed by atoms with Gasteiger partial charge >= 0.3 is 0 Å². The second kappa shape index (κ2) is 3.82. The highest BCUT2D eigenvalue weighted by Gasteiger charge is 2.09. The van der Waals surface area contributed by atoms with Crippen molar-refractivity contribution >= 4 is 17.2 Å². The molecule has 76 valence electrons. The van der Waals surface area contributed by atoms with Gasteiger partial charge in [-0.2, -0.15) is 0 Å². The summed E-state index contributed by atoms with van der Waals surface area (Å²) in [6.45, 7) is 2.01. The molecule has 3 nitrogen and oxygen atoms in total. The zero-order chi connectivity index (χ0) is 10.8. The van der Waals surface area contributed by atoms with Crippen LogP contribution in [0.4, 0.5) is 0 Å². The van der Waals surface area contributed by atoms with Crippen molar-refractivity contribution in [1.82, 2.24) is 4.98 Å². The van der Waals surface area contributed by atoms with Crippen molar-refractivity contribution in [2.75, 3.05) is 0 Å². The molecule has 0 radical (unpaired) electrons. The molecule has 0 aliphatic rings. The summed E-state index contributed by atoms with van der Waals surface area (Å²) in [5.41, 5.74) is 7.37. The van der Waals surface area contributed by atoms with Gasteiger partial charge in [-0.25, -0.2) is 4.98 Å². The summed E-state index contributed by atoms with van der Waals surface area (Å²) < 4.78 is 0. The molecule has 15 heavy (non-hydrogen) atoms. The highest BCUT2D eigenvalue weighted by atomic mass is 32.1. The SMILES string of the molecule is Cc1ccccc1-c1ncc(C(N)=O)s1. The van der Waals surface area contributed by atoms with Gasteiger partial charge in [-0.3, -0.25) is 4.79 Å². The van der Waals surface area contributed by atoms with E-state index in [2.05, 4.69) is 4.98 Å². The van der Waals surface area contributed by atoms with Crippen molar-refractivity contribution in [2.24, 2.45) is 5.73 Å². The average molecular weight is 218 g/mol. The van der Waals surface area contributed by atoms with Gasteiger partial charge in [0.05, 0.1) is 6.20 Å². The predicted octanol–water partition coefficient (Wildman–Crippen LogP) is 2.22. The van der Waals surface area contributed by atoms with E-state index < -0.39 is 5.91 Å². The van der Waals surface area contributed by atoms with E-state index in [1.165, 1.54) is 17.5 Å². The van der Waals surface area contributed by atoms with E-state index in [9.17, 15) is 4.79 Å². The van der Waals surface area contributed by atoms with Gasteiger partial charge in [-0.15, -0.1) is 11.3 Å². The molecule has 1 aromatic carbocycles. The largest absolute Gasteiger partial charge is 0.365 e. The minimum absolute atomic E-state index is 0.424. The Kier molecular flexibility index (Phi) is 2.51. The van der Waals surface area contributed by atoms with Crippen LogP contribution in [0, 0.1) is 6.92 Å². The van der Waals surface area contributed by atoms with Gasteiger partial charge in [-0.1, -0.05) is 24.3 Å². The van der Waals surface area contributed by atoms with Crippen LogP contribution in [-0.4, -0.2) is 10.9 Å². The molecule has 1 heterocycles. The maximum absolute atomic E-state index is 10.9. The van der Waals surface area contributed by atoms with Gasteiger partial charge < -0.3 is 5.73 Å². The summed E-state index contributed by atoms with van der Waals surface area (Å²) in [4.78, 5) is 15.6. The van der Waals surface area contributed by atoms with Gasteiger partial charge in [0, 0.05) is 5.56 Å². The van der Waals surface area contributed by atoms with Gasteiger partial charge in [0.1, 0.15) is 9.88 Å². The number of hydrogen-bond donors (Lipinski definition) is 1. The molecule has 1 aromatic heterocycles. The normalized spacial score (nSPS) is 10.2. The molecule has 2 N–H and O–H groups in total. The number of thiazole rings is 1. The number of hydrogen-bond acceptors (Lipinski definition) is 3. The molecule has 0 atom stereocenters. The highest BCUT2D eigenvalue weighted by Crippen LogP contribution is 2.27. The van der Waals surface area contributed by atoms with Crippen LogP contribution >= 0.6 is 11.3 Å². The van der Waals surface area contributed by atoms with Crippen LogP contribution in [0.25, 0.3) is 10.6 Å². The van der Waals surface area contributed by atoms with Gasteiger partial charge in [0.15, 0.2) is 0 Å². The highest BCUT2D eigenvalue weighted by molar-refractivity contribution is 7.16. The Bertz CT molecular complexity index is 505. The monoisotopic (exact) mass is 218 g/mol. The third-order valence-electron chi connectivity index (χ3n) is 2.12. The lowest BCUT2D eigenvalue weighted by atomic mass is 10.1. The second-order valence-electron chi connectivity index (χ2n) is 3.21. The maximum atomic E-state index is 10.9. The van der Waals surface area contributed by atoms with Crippen molar-refractivity contribution in [1.29, 1.82) is 0 Å². The number of nitrogens with zero attached hydrogens (tertiary/aromatic N) is 1. The van der Waals surface area contributed by atoms with Gasteiger partial charge in [0.25, 0.3) is 5.91 Å². The van der Waals surface area contributed by atoms with Crippen molar-refractivity contribution in [3.8, 4) is 10.6 Å². The van der Waals surface area contributed by atoms with E-state index in [4.69, 9.17) is 5.73 Å². The summed E-state index contributed by atoms with van der Waals surface area (Å²) >= 11 is 1.32. The summed E-state index contributed by atoms with van der Waals surface area (Å²) in [6.07, 6.45) is 1.52. The molecule has 0 spiro atoms. The van der Waals surface area contributed by atoms with Crippen molar-refractivity contribution in [3.05, 3.63) is 40.9 Å². The standard InChI is InChI=1S/C11H10N2OS/c1-7-4-2-3-5-8(7)11-13-6-9(15-11)10(12)14/h2-6H,1H3,(H2,12,14). The Balaban J connectivity index is 2.46. The Labute approximate surface area is 91.6 Å². The first kappa shape index (κ1) is 9.86. The zero-order valence-electron chi connectivity index (χ0n) is 8.23. The quantitative estimate of drug-likeness (QED) is 0.840. The molecule has 0 saturated heterocycles. The molecule has 4 heteroatoms. The lowest BCUT2D eigenvalue weighted by molar-refractivity contribution is 0.100. The number of carbonyl (C=O) groups is 1. The fraction of sp³-hybridized carbons (Fsp3) is 0.0909. The van der Waals surface area contributed by atoms with E-state index in [0.717, 1.165) is 16.1 Å². The van der Waals surface area contributed by atoms with Crippen LogP contribution in [0.3, 0.4) is 0 Å². The van der Waals surface area contributed by atoms with E-state index in [0.29, 0.717) is 4.88 Å². The summed E-state index contributed by atoms with van der Waals surface area (Å²) in [5, 5.41) is 0.835. The fourth-order valence-corrected chi connectivity index (χ4v) is 2.18. The Morgan fingerprint density at radius 1 is 1.40 bits per heavy atom. The first-order valence-corrected chi connectivity index (χ1v) is 5.32. The first-order chi connectivity index (χ1) is 7.18. The number of aromatic nitrogens is 1. The zero-order valence-corrected chi connectivity index (χ0v) is 9.04.